The Hall–Kier alpha value is -1.49. The zero-order chi connectivity index (χ0) is 17.9. The molecule has 2 bridgehead atoms. The van der Waals surface area contributed by atoms with E-state index in [0.29, 0.717) is 22.4 Å². The van der Waals surface area contributed by atoms with Crippen LogP contribution in [0, 0.1) is 11.8 Å². The molecule has 0 aromatic heterocycles. The minimum Gasteiger partial charge on any atom is -0.458 e. The zero-order valence-electron chi connectivity index (χ0n) is 14.5. The summed E-state index contributed by atoms with van der Waals surface area (Å²) in [4.78, 5) is 15.1. The molecule has 2 aliphatic rings. The van der Waals surface area contributed by atoms with Crippen LogP contribution in [0.3, 0.4) is 0 Å². The summed E-state index contributed by atoms with van der Waals surface area (Å²) in [5.74, 6) is 2.67. The molecule has 0 aliphatic carbocycles. The van der Waals surface area contributed by atoms with E-state index in [1.54, 1.807) is 24.3 Å². The molecule has 2 aliphatic heterocycles. The number of nitrogens with zero attached hydrogens (tertiary/aromatic N) is 1. The van der Waals surface area contributed by atoms with E-state index < -0.39 is 0 Å². The Morgan fingerprint density at radius 3 is 2.35 bits per heavy atom. The Morgan fingerprint density at radius 1 is 1.04 bits per heavy atom. The zero-order valence-corrected chi connectivity index (χ0v) is 16.1. The molecule has 0 radical (unpaired) electrons. The monoisotopic (exact) mass is 387 g/mol. The number of likely N-dealkylation sites (tertiary alicyclic amines) is 1. The largest absolute Gasteiger partial charge is 0.458 e. The molecule has 26 heavy (non-hydrogen) atoms. The van der Waals surface area contributed by atoms with E-state index in [9.17, 15) is 4.79 Å². The van der Waals surface area contributed by atoms with Crippen LogP contribution in [0.5, 0.6) is 0 Å². The molecule has 5 heteroatoms. The highest BCUT2D eigenvalue weighted by Crippen LogP contribution is 2.36. The van der Waals surface area contributed by atoms with E-state index in [1.165, 1.54) is 5.56 Å². The van der Waals surface area contributed by atoms with Crippen molar-refractivity contribution in [2.45, 2.75) is 12.6 Å². The van der Waals surface area contributed by atoms with Gasteiger partial charge < -0.3 is 4.74 Å². The molecule has 2 atom stereocenters. The second kappa shape index (κ2) is 8.03. The number of ether oxygens (including phenoxy) is 1. The van der Waals surface area contributed by atoms with Crippen molar-refractivity contribution in [3.8, 4) is 0 Å². The molecule has 2 aromatic rings. The van der Waals surface area contributed by atoms with Gasteiger partial charge in [-0.25, -0.2) is 4.79 Å². The summed E-state index contributed by atoms with van der Waals surface area (Å²) >= 11 is 7.90. The Kier molecular flexibility index (Phi) is 5.53. The third-order valence-corrected chi connectivity index (χ3v) is 6.73. The van der Waals surface area contributed by atoms with Crippen LogP contribution in [0.2, 0.25) is 5.02 Å². The number of carbonyl (C=O) groups is 1. The van der Waals surface area contributed by atoms with Crippen molar-refractivity contribution in [2.24, 2.45) is 11.8 Å². The number of benzene rings is 2. The summed E-state index contributed by atoms with van der Waals surface area (Å²) in [6.07, 6.45) is 0.0199. The lowest BCUT2D eigenvalue weighted by atomic mass is 9.87. The van der Waals surface area contributed by atoms with Gasteiger partial charge in [0.1, 0.15) is 6.10 Å². The maximum Gasteiger partial charge on any atom is 0.338 e. The fourth-order valence-corrected chi connectivity index (χ4v) is 5.39. The molecule has 0 spiro atoms. The van der Waals surface area contributed by atoms with Gasteiger partial charge >= 0.3 is 5.97 Å². The Bertz CT molecular complexity index is 738. The Balaban J connectivity index is 1.42. The number of carbonyl (C=O) groups excluding carboxylic acids is 1. The van der Waals surface area contributed by atoms with Crippen molar-refractivity contribution < 1.29 is 9.53 Å². The van der Waals surface area contributed by atoms with Crippen LogP contribution in [-0.2, 0) is 11.3 Å². The number of halogens is 1. The van der Waals surface area contributed by atoms with Crippen LogP contribution in [0.25, 0.3) is 0 Å². The third kappa shape index (κ3) is 4.08. The van der Waals surface area contributed by atoms with Crippen LogP contribution >= 0.6 is 23.4 Å². The Labute approximate surface area is 163 Å². The smallest absolute Gasteiger partial charge is 0.338 e. The second-order valence-corrected chi connectivity index (χ2v) is 8.63. The average molecular weight is 388 g/mol. The lowest BCUT2D eigenvalue weighted by Crippen LogP contribution is -2.54. The van der Waals surface area contributed by atoms with E-state index in [1.807, 2.05) is 11.8 Å². The minimum atomic E-state index is -0.231. The fraction of sp³-hybridized carbons (Fsp3) is 0.381. The molecule has 0 N–H and O–H groups in total. The van der Waals surface area contributed by atoms with Crippen LogP contribution in [0.4, 0.5) is 0 Å². The van der Waals surface area contributed by atoms with E-state index >= 15 is 0 Å². The quantitative estimate of drug-likeness (QED) is 0.729. The minimum absolute atomic E-state index is 0.0199. The van der Waals surface area contributed by atoms with Gasteiger partial charge in [-0.2, -0.15) is 11.8 Å². The van der Waals surface area contributed by atoms with Crippen molar-refractivity contribution >= 4 is 29.3 Å². The van der Waals surface area contributed by atoms with E-state index in [0.717, 1.165) is 31.1 Å². The molecule has 2 heterocycles. The van der Waals surface area contributed by atoms with Gasteiger partial charge in [-0.3, -0.25) is 4.90 Å². The molecule has 2 aromatic carbocycles. The van der Waals surface area contributed by atoms with Gasteiger partial charge in [-0.1, -0.05) is 41.9 Å². The van der Waals surface area contributed by atoms with Gasteiger partial charge in [-0.15, -0.1) is 0 Å². The summed E-state index contributed by atoms with van der Waals surface area (Å²) in [5.41, 5.74) is 1.92. The number of rotatable bonds is 4. The van der Waals surface area contributed by atoms with Crippen LogP contribution in [-0.4, -0.2) is 41.6 Å². The molecule has 2 saturated heterocycles. The van der Waals surface area contributed by atoms with Crippen molar-refractivity contribution in [3.05, 3.63) is 70.7 Å². The van der Waals surface area contributed by atoms with Gasteiger partial charge in [0.25, 0.3) is 0 Å². The van der Waals surface area contributed by atoms with Crippen LogP contribution in [0.15, 0.2) is 54.6 Å². The Morgan fingerprint density at radius 2 is 1.69 bits per heavy atom. The predicted molar refractivity (Wildman–Crippen MR) is 107 cm³/mol. The molecule has 3 nitrogen and oxygen atoms in total. The first-order chi connectivity index (χ1) is 12.7. The molecule has 136 valence electrons. The molecule has 0 saturated carbocycles. The van der Waals surface area contributed by atoms with Crippen molar-refractivity contribution in [2.75, 3.05) is 24.6 Å². The number of esters is 1. The maximum atomic E-state index is 12.5. The van der Waals surface area contributed by atoms with Gasteiger partial charge in [-0.05, 0) is 29.8 Å². The molecule has 0 amide bonds. The van der Waals surface area contributed by atoms with Gasteiger partial charge in [0.2, 0.25) is 0 Å². The third-order valence-electron chi connectivity index (χ3n) is 5.15. The average Bonchev–Trinajstić information content (AvgIpc) is 2.63. The summed E-state index contributed by atoms with van der Waals surface area (Å²) in [7, 11) is 0. The number of hydrogen-bond donors (Lipinski definition) is 0. The van der Waals surface area contributed by atoms with Gasteiger partial charge in [0, 0.05) is 48.0 Å². The lowest BCUT2D eigenvalue weighted by Gasteiger charge is -2.46. The van der Waals surface area contributed by atoms with Crippen molar-refractivity contribution in [1.82, 2.24) is 4.90 Å². The number of piperidine rings is 1. The molecular weight excluding hydrogens is 366 g/mol. The van der Waals surface area contributed by atoms with Crippen molar-refractivity contribution in [3.63, 3.8) is 0 Å². The lowest BCUT2D eigenvalue weighted by molar-refractivity contribution is -0.0388. The summed E-state index contributed by atoms with van der Waals surface area (Å²) in [6.45, 7) is 2.93. The predicted octanol–water partition coefficient (Wildman–Crippen LogP) is 4.36. The van der Waals surface area contributed by atoms with E-state index in [2.05, 4.69) is 35.2 Å². The van der Waals surface area contributed by atoms with Gasteiger partial charge in [0.15, 0.2) is 0 Å². The standard InChI is InChI=1S/C21H22ClNO2S/c22-19-8-6-16(7-9-19)21(24)25-20-17-11-23(12-18(20)14-26-13-17)10-15-4-2-1-3-5-15/h1-9,17-18,20H,10-14H2. The first-order valence-corrected chi connectivity index (χ1v) is 10.5. The summed E-state index contributed by atoms with van der Waals surface area (Å²) < 4.78 is 5.96. The number of hydrogen-bond acceptors (Lipinski definition) is 4. The van der Waals surface area contributed by atoms with Crippen LogP contribution < -0.4 is 0 Å². The molecular formula is C21H22ClNO2S. The second-order valence-electron chi connectivity index (χ2n) is 7.11. The van der Waals surface area contributed by atoms with Crippen molar-refractivity contribution in [1.29, 1.82) is 0 Å². The maximum absolute atomic E-state index is 12.5. The summed E-state index contributed by atoms with van der Waals surface area (Å²) in [5, 5.41) is 0.629. The van der Waals surface area contributed by atoms with Crippen LogP contribution in [0.1, 0.15) is 15.9 Å². The molecule has 2 fully saturated rings. The highest BCUT2D eigenvalue weighted by molar-refractivity contribution is 7.99. The first-order valence-electron chi connectivity index (χ1n) is 8.99. The number of fused-ring (bicyclic) bond motifs is 2. The van der Waals surface area contributed by atoms with E-state index in [-0.39, 0.29) is 12.1 Å². The fourth-order valence-electron chi connectivity index (χ4n) is 3.94. The topological polar surface area (TPSA) is 29.5 Å². The SMILES string of the molecule is O=C(OC1C2CSCC1CN(Cc1ccccc1)C2)c1ccc(Cl)cc1. The molecule has 4 rings (SSSR count). The number of thioether (sulfide) groups is 1. The normalized spacial score (nSPS) is 25.7. The molecule has 2 unspecified atom stereocenters. The first kappa shape index (κ1) is 17.9. The van der Waals surface area contributed by atoms with E-state index in [4.69, 9.17) is 16.3 Å². The summed E-state index contributed by atoms with van der Waals surface area (Å²) in [6, 6.07) is 17.5. The van der Waals surface area contributed by atoms with Gasteiger partial charge in [0.05, 0.1) is 5.56 Å². The highest BCUT2D eigenvalue weighted by Gasteiger charge is 2.42. The highest BCUT2D eigenvalue weighted by atomic mass is 35.5.